The van der Waals surface area contributed by atoms with Gasteiger partial charge in [0, 0.05) is 25.1 Å². The van der Waals surface area contributed by atoms with Gasteiger partial charge in [-0.15, -0.1) is 0 Å². The third-order valence-electron chi connectivity index (χ3n) is 8.77. The van der Waals surface area contributed by atoms with Crippen molar-refractivity contribution in [3.8, 4) is 0 Å². The van der Waals surface area contributed by atoms with E-state index < -0.39 is 18.1 Å². The van der Waals surface area contributed by atoms with Gasteiger partial charge in [0.1, 0.15) is 18.8 Å². The smallest absolute Gasteiger partial charge is 0.321 e. The summed E-state index contributed by atoms with van der Waals surface area (Å²) in [4.78, 5) is 36.3. The van der Waals surface area contributed by atoms with E-state index in [1.807, 2.05) is 0 Å². The molecule has 46 heavy (non-hydrogen) atoms. The minimum Gasteiger partial charge on any atom is -0.480 e. The van der Waals surface area contributed by atoms with Crippen LogP contribution in [0.25, 0.3) is 0 Å². The first-order valence-electron chi connectivity index (χ1n) is 19.4. The maximum Gasteiger partial charge on any atom is 0.321 e. The number of carbonyl (C=O) groups excluding carboxylic acids is 2. The van der Waals surface area contributed by atoms with Gasteiger partial charge in [-0.1, -0.05) is 168 Å². The molecule has 7 nitrogen and oxygen atoms in total. The monoisotopic (exact) mass is 672 g/mol. The van der Waals surface area contributed by atoms with E-state index in [4.69, 9.17) is 9.47 Å². The number of unbranched alkanes of at least 4 members (excludes halogenated alkanes) is 24. The summed E-state index contributed by atoms with van der Waals surface area (Å²) < 4.78 is 11.0. The molecule has 0 aromatic rings. The van der Waals surface area contributed by atoms with Crippen molar-refractivity contribution < 1.29 is 29.0 Å². The summed E-state index contributed by atoms with van der Waals surface area (Å²) in [5.74, 6) is -1.55. The Kier molecular flexibility index (Phi) is 34.1. The van der Waals surface area contributed by atoms with Crippen LogP contribution in [0.1, 0.15) is 194 Å². The molecular weight excluding hydrogens is 598 g/mol. The van der Waals surface area contributed by atoms with Crippen LogP contribution in [0.4, 0.5) is 0 Å². The standard InChI is InChI=1S/C38H73NO6S/c1-3-5-7-9-11-13-15-17-19-21-23-25-27-29-36(40)44-32-34(31-39-35(33-46)38(42)43)45-37(41)30-28-26-24-22-20-18-16-14-12-10-8-6-4-2/h34-35,39,46H,3-33H2,1-2H3,(H,42,43)/t34-,35+/m1/s1. The van der Waals surface area contributed by atoms with Crippen LogP contribution in [-0.2, 0) is 23.9 Å². The largest absolute Gasteiger partial charge is 0.480 e. The van der Waals surface area contributed by atoms with Gasteiger partial charge in [-0.25, -0.2) is 0 Å². The Morgan fingerprint density at radius 1 is 0.565 bits per heavy atom. The van der Waals surface area contributed by atoms with Gasteiger partial charge >= 0.3 is 17.9 Å². The molecule has 0 heterocycles. The normalized spacial score (nSPS) is 12.6. The van der Waals surface area contributed by atoms with Gasteiger partial charge in [-0.3, -0.25) is 19.7 Å². The zero-order chi connectivity index (χ0) is 33.9. The lowest BCUT2D eigenvalue weighted by Crippen LogP contribution is -2.44. The van der Waals surface area contributed by atoms with E-state index in [1.54, 1.807) is 0 Å². The SMILES string of the molecule is CCCCCCCCCCCCCCCC(=O)OC[C@@H](CN[C@@H](CS)C(=O)O)OC(=O)CCCCCCCCCCCCCCC. The van der Waals surface area contributed by atoms with Crippen LogP contribution in [0.3, 0.4) is 0 Å². The highest BCUT2D eigenvalue weighted by molar-refractivity contribution is 7.80. The molecule has 0 unspecified atom stereocenters. The Balaban J connectivity index is 4.11. The maximum atomic E-state index is 12.5. The van der Waals surface area contributed by atoms with Crippen molar-refractivity contribution in [3.63, 3.8) is 0 Å². The van der Waals surface area contributed by atoms with E-state index in [0.717, 1.165) is 38.5 Å². The van der Waals surface area contributed by atoms with Gasteiger partial charge in [0.2, 0.25) is 0 Å². The number of hydrogen-bond acceptors (Lipinski definition) is 7. The molecule has 0 aliphatic heterocycles. The van der Waals surface area contributed by atoms with Crippen molar-refractivity contribution in [3.05, 3.63) is 0 Å². The number of carboxylic acids is 1. The fraction of sp³-hybridized carbons (Fsp3) is 0.921. The van der Waals surface area contributed by atoms with Crippen molar-refractivity contribution in [2.75, 3.05) is 18.9 Å². The van der Waals surface area contributed by atoms with Crippen LogP contribution in [-0.4, -0.2) is 54.1 Å². The fourth-order valence-electron chi connectivity index (χ4n) is 5.72. The van der Waals surface area contributed by atoms with Gasteiger partial charge < -0.3 is 14.6 Å². The third-order valence-corrected chi connectivity index (χ3v) is 9.13. The molecule has 272 valence electrons. The topological polar surface area (TPSA) is 102 Å². The lowest BCUT2D eigenvalue weighted by atomic mass is 10.0. The average molecular weight is 672 g/mol. The fourth-order valence-corrected chi connectivity index (χ4v) is 6.00. The lowest BCUT2D eigenvalue weighted by Gasteiger charge is -2.21. The summed E-state index contributed by atoms with van der Waals surface area (Å²) in [6, 6.07) is -0.868. The summed E-state index contributed by atoms with van der Waals surface area (Å²) >= 11 is 4.09. The van der Waals surface area contributed by atoms with Gasteiger partial charge in [-0.2, -0.15) is 12.6 Å². The summed E-state index contributed by atoms with van der Waals surface area (Å²) in [5.41, 5.74) is 0. The van der Waals surface area contributed by atoms with Crippen molar-refractivity contribution in [2.24, 2.45) is 0 Å². The molecule has 0 aromatic carbocycles. The lowest BCUT2D eigenvalue weighted by molar-refractivity contribution is -0.159. The van der Waals surface area contributed by atoms with Crippen molar-refractivity contribution >= 4 is 30.5 Å². The molecule has 0 spiro atoms. The minimum absolute atomic E-state index is 0.0759. The highest BCUT2D eigenvalue weighted by Crippen LogP contribution is 2.15. The molecule has 0 rings (SSSR count). The first-order valence-corrected chi connectivity index (χ1v) is 20.0. The number of aliphatic carboxylic acids is 1. The van der Waals surface area contributed by atoms with E-state index >= 15 is 0 Å². The summed E-state index contributed by atoms with van der Waals surface area (Å²) in [6.45, 7) is 4.52. The number of carbonyl (C=O) groups is 3. The van der Waals surface area contributed by atoms with E-state index in [9.17, 15) is 19.5 Å². The molecule has 2 atom stereocenters. The summed E-state index contributed by atoms with van der Waals surface area (Å²) in [6.07, 6.45) is 32.2. The number of carboxylic acid groups (broad SMARTS) is 1. The van der Waals surface area contributed by atoms with Crippen LogP contribution in [0, 0.1) is 0 Å². The zero-order valence-electron chi connectivity index (χ0n) is 30.0. The first kappa shape index (κ1) is 44.7. The van der Waals surface area contributed by atoms with Crippen molar-refractivity contribution in [2.45, 2.75) is 206 Å². The van der Waals surface area contributed by atoms with Crippen LogP contribution < -0.4 is 5.32 Å². The van der Waals surface area contributed by atoms with Crippen molar-refractivity contribution in [1.82, 2.24) is 5.32 Å². The second kappa shape index (κ2) is 35.0. The van der Waals surface area contributed by atoms with Crippen LogP contribution in [0.15, 0.2) is 0 Å². The highest BCUT2D eigenvalue weighted by atomic mass is 32.1. The molecular formula is C38H73NO6S. The Morgan fingerprint density at radius 3 is 1.26 bits per heavy atom. The number of hydrogen-bond donors (Lipinski definition) is 3. The Hall–Kier alpha value is -1.28. The second-order valence-corrected chi connectivity index (χ2v) is 13.6. The molecule has 0 aliphatic rings. The van der Waals surface area contributed by atoms with Gasteiger partial charge in [-0.05, 0) is 12.8 Å². The van der Waals surface area contributed by atoms with Crippen LogP contribution >= 0.6 is 12.6 Å². The maximum absolute atomic E-state index is 12.5. The Bertz CT molecular complexity index is 707. The summed E-state index contributed by atoms with van der Waals surface area (Å²) in [5, 5.41) is 12.2. The minimum atomic E-state index is -1.02. The third kappa shape index (κ3) is 31.3. The van der Waals surface area contributed by atoms with Crippen LogP contribution in [0.2, 0.25) is 0 Å². The second-order valence-electron chi connectivity index (χ2n) is 13.3. The molecule has 0 aliphatic carbocycles. The molecule has 8 heteroatoms. The molecule has 0 amide bonds. The van der Waals surface area contributed by atoms with Gasteiger partial charge in [0.15, 0.2) is 0 Å². The molecule has 0 fully saturated rings. The van der Waals surface area contributed by atoms with E-state index in [-0.39, 0.29) is 30.8 Å². The average Bonchev–Trinajstić information content (AvgIpc) is 3.04. The predicted molar refractivity (Wildman–Crippen MR) is 195 cm³/mol. The van der Waals surface area contributed by atoms with Crippen LogP contribution in [0.5, 0.6) is 0 Å². The van der Waals surface area contributed by atoms with Gasteiger partial charge in [0.25, 0.3) is 0 Å². The highest BCUT2D eigenvalue weighted by Gasteiger charge is 2.21. The molecule has 2 N–H and O–H groups in total. The number of thiol groups is 1. The zero-order valence-corrected chi connectivity index (χ0v) is 30.9. The first-order chi connectivity index (χ1) is 22.4. The van der Waals surface area contributed by atoms with Crippen molar-refractivity contribution in [1.29, 1.82) is 0 Å². The molecule has 0 radical (unpaired) electrons. The van der Waals surface area contributed by atoms with Gasteiger partial charge in [0.05, 0.1) is 0 Å². The molecule has 0 aromatic heterocycles. The molecule has 0 bridgehead atoms. The van der Waals surface area contributed by atoms with E-state index in [0.29, 0.717) is 12.8 Å². The quantitative estimate of drug-likeness (QED) is 0.0346. The molecule has 0 saturated carbocycles. The predicted octanol–water partition coefficient (Wildman–Crippen LogP) is 10.4. The van der Waals surface area contributed by atoms with E-state index in [2.05, 4.69) is 31.8 Å². The number of nitrogens with one attached hydrogen (secondary N) is 1. The Labute approximate surface area is 288 Å². The number of esters is 2. The van der Waals surface area contributed by atoms with E-state index in [1.165, 1.54) is 128 Å². The Morgan fingerprint density at radius 2 is 0.913 bits per heavy atom. The summed E-state index contributed by atoms with van der Waals surface area (Å²) in [7, 11) is 0. The number of rotatable bonds is 36. The molecule has 0 saturated heterocycles. The number of ether oxygens (including phenoxy) is 2.